The van der Waals surface area contributed by atoms with Crippen LogP contribution in [0.1, 0.15) is 12.0 Å². The van der Waals surface area contributed by atoms with Crippen LogP contribution in [0.5, 0.6) is 0 Å². The monoisotopic (exact) mass is 216 g/mol. The van der Waals surface area contributed by atoms with E-state index in [1.165, 1.54) is 0 Å². The Morgan fingerprint density at radius 3 is 3.00 bits per heavy atom. The van der Waals surface area contributed by atoms with Crippen LogP contribution in [0.3, 0.4) is 0 Å². The third-order valence-electron chi connectivity index (χ3n) is 3.23. The van der Waals surface area contributed by atoms with E-state index in [0.29, 0.717) is 13.0 Å². The molecule has 2 aromatic rings. The molecule has 1 unspecified atom stereocenters. The average molecular weight is 216 g/mol. The van der Waals surface area contributed by atoms with Crippen molar-refractivity contribution in [2.24, 2.45) is 0 Å². The van der Waals surface area contributed by atoms with Crippen molar-refractivity contribution in [1.29, 1.82) is 0 Å². The Morgan fingerprint density at radius 2 is 2.19 bits per heavy atom. The molecule has 1 fully saturated rings. The molecule has 2 nitrogen and oxygen atoms in total. The summed E-state index contributed by atoms with van der Waals surface area (Å²) >= 11 is 0. The highest BCUT2D eigenvalue weighted by Gasteiger charge is 2.36. The molecule has 0 bridgehead atoms. The maximum absolute atomic E-state index is 14.7. The molecule has 1 aromatic carbocycles. The summed E-state index contributed by atoms with van der Waals surface area (Å²) in [4.78, 5) is 4.26. The number of pyridine rings is 1. The van der Waals surface area contributed by atoms with E-state index in [2.05, 4.69) is 10.3 Å². The minimum absolute atomic E-state index is 0.404. The second kappa shape index (κ2) is 3.52. The van der Waals surface area contributed by atoms with E-state index in [4.69, 9.17) is 0 Å². The van der Waals surface area contributed by atoms with Gasteiger partial charge in [0.05, 0.1) is 5.52 Å². The minimum Gasteiger partial charge on any atom is -0.313 e. The lowest BCUT2D eigenvalue weighted by molar-refractivity contribution is 0.195. The molecule has 1 aliphatic heterocycles. The highest BCUT2D eigenvalue weighted by Crippen LogP contribution is 2.36. The lowest BCUT2D eigenvalue weighted by atomic mass is 9.91. The van der Waals surface area contributed by atoms with E-state index in [9.17, 15) is 4.39 Å². The van der Waals surface area contributed by atoms with Crippen molar-refractivity contribution in [1.82, 2.24) is 10.3 Å². The standard InChI is InChI=1S/C13H13FN2/c14-13(6-8-15-9-13)11-4-1-5-12-10(11)3-2-7-16-12/h1-5,7,15H,6,8-9H2. The second-order valence-electron chi connectivity index (χ2n) is 4.27. The number of nitrogens with one attached hydrogen (secondary N) is 1. The van der Waals surface area contributed by atoms with Gasteiger partial charge in [0, 0.05) is 18.1 Å². The summed E-state index contributed by atoms with van der Waals surface area (Å²) in [5.74, 6) is 0. The van der Waals surface area contributed by atoms with E-state index in [-0.39, 0.29) is 0 Å². The largest absolute Gasteiger partial charge is 0.313 e. The number of aromatic nitrogens is 1. The van der Waals surface area contributed by atoms with Crippen LogP contribution in [0, 0.1) is 0 Å². The summed E-state index contributed by atoms with van der Waals surface area (Å²) in [6, 6.07) is 9.47. The third kappa shape index (κ3) is 1.39. The van der Waals surface area contributed by atoms with Crippen molar-refractivity contribution in [2.75, 3.05) is 13.1 Å². The van der Waals surface area contributed by atoms with Crippen LogP contribution in [-0.2, 0) is 5.67 Å². The lowest BCUT2D eigenvalue weighted by Gasteiger charge is -2.20. The molecule has 1 aliphatic rings. The van der Waals surface area contributed by atoms with Gasteiger partial charge in [-0.05, 0) is 30.7 Å². The van der Waals surface area contributed by atoms with Crippen molar-refractivity contribution in [3.8, 4) is 0 Å². The Hall–Kier alpha value is -1.48. The number of halogens is 1. The fourth-order valence-electron chi connectivity index (χ4n) is 2.39. The van der Waals surface area contributed by atoms with Crippen molar-refractivity contribution < 1.29 is 4.39 Å². The molecule has 82 valence electrons. The molecule has 0 saturated carbocycles. The number of rotatable bonds is 1. The molecule has 0 radical (unpaired) electrons. The SMILES string of the molecule is FC1(c2cccc3ncccc23)CCNC1. The maximum atomic E-state index is 14.7. The molecular weight excluding hydrogens is 203 g/mol. The van der Waals surface area contributed by atoms with Crippen LogP contribution in [0.25, 0.3) is 10.9 Å². The molecule has 2 heterocycles. The van der Waals surface area contributed by atoms with E-state index in [1.54, 1.807) is 6.20 Å². The average Bonchev–Trinajstić information content (AvgIpc) is 2.77. The van der Waals surface area contributed by atoms with Gasteiger partial charge in [0.1, 0.15) is 5.67 Å². The highest BCUT2D eigenvalue weighted by molar-refractivity contribution is 5.83. The fourth-order valence-corrected chi connectivity index (χ4v) is 2.39. The first kappa shape index (κ1) is 9.73. The molecule has 16 heavy (non-hydrogen) atoms. The van der Waals surface area contributed by atoms with Gasteiger partial charge in [-0.15, -0.1) is 0 Å². The first-order valence-corrected chi connectivity index (χ1v) is 5.53. The predicted molar refractivity (Wildman–Crippen MR) is 62.0 cm³/mol. The van der Waals surface area contributed by atoms with Crippen LogP contribution in [0.15, 0.2) is 36.5 Å². The minimum atomic E-state index is -1.23. The van der Waals surface area contributed by atoms with Gasteiger partial charge in [-0.2, -0.15) is 0 Å². The van der Waals surface area contributed by atoms with E-state index in [0.717, 1.165) is 23.0 Å². The van der Waals surface area contributed by atoms with Crippen LogP contribution in [-0.4, -0.2) is 18.1 Å². The number of hydrogen-bond acceptors (Lipinski definition) is 2. The first-order valence-electron chi connectivity index (χ1n) is 5.53. The molecule has 1 aromatic heterocycles. The van der Waals surface area contributed by atoms with Crippen LogP contribution >= 0.6 is 0 Å². The Balaban J connectivity index is 2.23. The van der Waals surface area contributed by atoms with Gasteiger partial charge in [0.15, 0.2) is 0 Å². The number of alkyl halides is 1. The summed E-state index contributed by atoms with van der Waals surface area (Å²) in [5.41, 5.74) is 0.398. The molecular formula is C13H13FN2. The first-order chi connectivity index (χ1) is 7.80. The van der Waals surface area contributed by atoms with Crippen LogP contribution < -0.4 is 5.32 Å². The van der Waals surface area contributed by atoms with Gasteiger partial charge in [-0.25, -0.2) is 4.39 Å². The number of fused-ring (bicyclic) bond motifs is 1. The topological polar surface area (TPSA) is 24.9 Å². The number of hydrogen-bond donors (Lipinski definition) is 1. The lowest BCUT2D eigenvalue weighted by Crippen LogP contribution is -2.23. The van der Waals surface area contributed by atoms with Gasteiger partial charge in [0.2, 0.25) is 0 Å². The summed E-state index contributed by atoms with van der Waals surface area (Å²) in [6.45, 7) is 1.15. The van der Waals surface area contributed by atoms with Gasteiger partial charge in [0.25, 0.3) is 0 Å². The fraction of sp³-hybridized carbons (Fsp3) is 0.308. The summed E-state index contributed by atoms with van der Waals surface area (Å²) in [6.07, 6.45) is 2.28. The number of nitrogens with zero attached hydrogens (tertiary/aromatic N) is 1. The number of benzene rings is 1. The molecule has 1 atom stereocenters. The zero-order valence-electron chi connectivity index (χ0n) is 8.91. The Morgan fingerprint density at radius 1 is 1.25 bits per heavy atom. The Kier molecular flexibility index (Phi) is 2.14. The summed E-state index contributed by atoms with van der Waals surface area (Å²) in [7, 11) is 0. The smallest absolute Gasteiger partial charge is 0.150 e. The van der Waals surface area contributed by atoms with E-state index < -0.39 is 5.67 Å². The normalized spacial score (nSPS) is 25.1. The molecule has 3 heteroatoms. The Labute approximate surface area is 93.5 Å². The van der Waals surface area contributed by atoms with Crippen LogP contribution in [0.2, 0.25) is 0 Å². The second-order valence-corrected chi connectivity index (χ2v) is 4.27. The molecule has 0 amide bonds. The quantitative estimate of drug-likeness (QED) is 0.791. The molecule has 1 N–H and O–H groups in total. The van der Waals surface area contributed by atoms with Gasteiger partial charge in [-0.1, -0.05) is 18.2 Å². The zero-order valence-corrected chi connectivity index (χ0v) is 8.91. The summed E-state index contributed by atoms with van der Waals surface area (Å²) in [5, 5.41) is 4.01. The Bertz CT molecular complexity index is 513. The van der Waals surface area contributed by atoms with E-state index in [1.807, 2.05) is 30.3 Å². The predicted octanol–water partition coefficient (Wildman–Crippen LogP) is 2.39. The zero-order chi connectivity index (χ0) is 11.0. The van der Waals surface area contributed by atoms with Gasteiger partial charge < -0.3 is 5.32 Å². The molecule has 0 aliphatic carbocycles. The molecule has 0 spiro atoms. The third-order valence-corrected chi connectivity index (χ3v) is 3.23. The van der Waals surface area contributed by atoms with Crippen molar-refractivity contribution in [3.63, 3.8) is 0 Å². The van der Waals surface area contributed by atoms with E-state index >= 15 is 0 Å². The maximum Gasteiger partial charge on any atom is 0.150 e. The van der Waals surface area contributed by atoms with Crippen molar-refractivity contribution in [2.45, 2.75) is 12.1 Å². The van der Waals surface area contributed by atoms with Crippen LogP contribution in [0.4, 0.5) is 4.39 Å². The molecule has 3 rings (SSSR count). The van der Waals surface area contributed by atoms with Gasteiger partial charge in [-0.3, -0.25) is 4.98 Å². The van der Waals surface area contributed by atoms with Gasteiger partial charge >= 0.3 is 0 Å². The van der Waals surface area contributed by atoms with Crippen molar-refractivity contribution >= 4 is 10.9 Å². The highest BCUT2D eigenvalue weighted by atomic mass is 19.1. The summed E-state index contributed by atoms with van der Waals surface area (Å²) < 4.78 is 14.7. The van der Waals surface area contributed by atoms with Crippen molar-refractivity contribution in [3.05, 3.63) is 42.1 Å². The molecule has 1 saturated heterocycles.